The maximum absolute atomic E-state index is 14.4. The van der Waals surface area contributed by atoms with E-state index in [2.05, 4.69) is 4.98 Å². The fraction of sp³-hybridized carbons (Fsp3) is 0.615. The second-order valence-corrected chi connectivity index (χ2v) is 4.53. The van der Waals surface area contributed by atoms with E-state index in [0.29, 0.717) is 11.6 Å². The molecule has 0 spiro atoms. The second kappa shape index (κ2) is 4.50. The average Bonchev–Trinajstić information content (AvgIpc) is 3.11. The number of alkyl halides is 1. The summed E-state index contributed by atoms with van der Waals surface area (Å²) in [7, 11) is 0. The van der Waals surface area contributed by atoms with Crippen LogP contribution in [0.3, 0.4) is 0 Å². The van der Waals surface area contributed by atoms with Gasteiger partial charge < -0.3 is 4.74 Å². The van der Waals surface area contributed by atoms with Crippen LogP contribution in [-0.4, -0.2) is 11.1 Å². The van der Waals surface area contributed by atoms with Gasteiger partial charge in [-0.05, 0) is 37.3 Å². The number of ether oxygens (including phenoxy) is 1. The number of rotatable bonds is 5. The summed E-state index contributed by atoms with van der Waals surface area (Å²) in [4.78, 5) is 4.02. The van der Waals surface area contributed by atoms with Crippen molar-refractivity contribution < 1.29 is 9.13 Å². The van der Waals surface area contributed by atoms with E-state index in [1.165, 1.54) is 6.92 Å². The van der Waals surface area contributed by atoms with E-state index < -0.39 is 5.85 Å². The van der Waals surface area contributed by atoms with Crippen molar-refractivity contribution in [1.82, 2.24) is 4.98 Å². The van der Waals surface area contributed by atoms with Gasteiger partial charge in [-0.3, -0.25) is 4.98 Å². The third-order valence-corrected chi connectivity index (χ3v) is 3.05. The van der Waals surface area contributed by atoms with Gasteiger partial charge in [-0.25, -0.2) is 4.39 Å². The monoisotopic (exact) mass is 223 g/mol. The van der Waals surface area contributed by atoms with Crippen molar-refractivity contribution in [3.05, 3.63) is 30.1 Å². The van der Waals surface area contributed by atoms with E-state index in [4.69, 9.17) is 4.74 Å². The lowest BCUT2D eigenvalue weighted by Gasteiger charge is -2.26. The number of hydrogen-bond acceptors (Lipinski definition) is 2. The quantitative estimate of drug-likeness (QED) is 0.763. The summed E-state index contributed by atoms with van der Waals surface area (Å²) in [5, 5.41) is 0. The molecule has 16 heavy (non-hydrogen) atoms. The van der Waals surface area contributed by atoms with E-state index in [0.717, 1.165) is 19.3 Å². The van der Waals surface area contributed by atoms with E-state index in [-0.39, 0.29) is 6.10 Å². The minimum Gasteiger partial charge on any atom is -0.338 e. The van der Waals surface area contributed by atoms with E-state index in [1.807, 2.05) is 6.92 Å². The first-order valence-corrected chi connectivity index (χ1v) is 5.91. The topological polar surface area (TPSA) is 22.1 Å². The highest BCUT2D eigenvalue weighted by Gasteiger charge is 2.38. The zero-order valence-electron chi connectivity index (χ0n) is 9.82. The van der Waals surface area contributed by atoms with Crippen LogP contribution in [0.5, 0.6) is 0 Å². The highest BCUT2D eigenvalue weighted by atomic mass is 19.2. The van der Waals surface area contributed by atoms with Crippen LogP contribution < -0.4 is 0 Å². The van der Waals surface area contributed by atoms with Crippen molar-refractivity contribution in [2.75, 3.05) is 0 Å². The van der Waals surface area contributed by atoms with Crippen molar-refractivity contribution >= 4 is 0 Å². The molecule has 1 aliphatic rings. The molecule has 88 valence electrons. The van der Waals surface area contributed by atoms with Crippen LogP contribution in [-0.2, 0) is 10.6 Å². The fourth-order valence-corrected chi connectivity index (χ4v) is 1.95. The summed E-state index contributed by atoms with van der Waals surface area (Å²) in [5.41, 5.74) is 0.356. The van der Waals surface area contributed by atoms with E-state index in [1.54, 1.807) is 24.4 Å². The van der Waals surface area contributed by atoms with Gasteiger partial charge in [0.25, 0.3) is 0 Å². The molecule has 0 amide bonds. The SMILES string of the molecule is CCC(OC(C)(F)c1ccccn1)C1CC1. The molecule has 2 nitrogen and oxygen atoms in total. The summed E-state index contributed by atoms with van der Waals surface area (Å²) < 4.78 is 19.9. The van der Waals surface area contributed by atoms with Gasteiger partial charge in [-0.2, -0.15) is 0 Å². The van der Waals surface area contributed by atoms with Crippen LogP contribution in [0.1, 0.15) is 38.8 Å². The standard InChI is InChI=1S/C13H18FNO/c1-3-11(10-7-8-10)16-13(2,14)12-6-4-5-9-15-12/h4-6,9-11H,3,7-8H2,1-2H3. The van der Waals surface area contributed by atoms with Crippen molar-refractivity contribution in [3.63, 3.8) is 0 Å². The molecule has 1 aromatic rings. The van der Waals surface area contributed by atoms with Gasteiger partial charge in [-0.15, -0.1) is 0 Å². The zero-order valence-corrected chi connectivity index (χ0v) is 9.82. The average molecular weight is 223 g/mol. The Labute approximate surface area is 95.8 Å². The third kappa shape index (κ3) is 2.59. The number of aromatic nitrogens is 1. The largest absolute Gasteiger partial charge is 0.338 e. The van der Waals surface area contributed by atoms with Crippen LogP contribution in [0.15, 0.2) is 24.4 Å². The van der Waals surface area contributed by atoms with Crippen LogP contribution in [0.25, 0.3) is 0 Å². The van der Waals surface area contributed by atoms with Crippen LogP contribution >= 0.6 is 0 Å². The lowest BCUT2D eigenvalue weighted by atomic mass is 10.1. The molecule has 2 atom stereocenters. The minimum absolute atomic E-state index is 0.0250. The van der Waals surface area contributed by atoms with Gasteiger partial charge >= 0.3 is 0 Å². The Morgan fingerprint density at radius 2 is 2.31 bits per heavy atom. The Morgan fingerprint density at radius 1 is 1.56 bits per heavy atom. The number of hydrogen-bond donors (Lipinski definition) is 0. The van der Waals surface area contributed by atoms with Crippen molar-refractivity contribution in [3.8, 4) is 0 Å². The van der Waals surface area contributed by atoms with Crippen molar-refractivity contribution in [2.24, 2.45) is 5.92 Å². The van der Waals surface area contributed by atoms with Crippen molar-refractivity contribution in [1.29, 1.82) is 0 Å². The van der Waals surface area contributed by atoms with Crippen molar-refractivity contribution in [2.45, 2.75) is 45.1 Å². The highest BCUT2D eigenvalue weighted by Crippen LogP contribution is 2.39. The molecule has 0 saturated heterocycles. The minimum atomic E-state index is -1.77. The number of pyridine rings is 1. The molecule has 2 rings (SSSR count). The number of nitrogens with zero attached hydrogens (tertiary/aromatic N) is 1. The maximum atomic E-state index is 14.4. The summed E-state index contributed by atoms with van der Waals surface area (Å²) in [6, 6.07) is 5.22. The summed E-state index contributed by atoms with van der Waals surface area (Å²) >= 11 is 0. The Hall–Kier alpha value is -0.960. The molecule has 1 aliphatic carbocycles. The first-order chi connectivity index (χ1) is 7.63. The van der Waals surface area contributed by atoms with Crippen LogP contribution in [0.2, 0.25) is 0 Å². The van der Waals surface area contributed by atoms with Gasteiger partial charge in [0.15, 0.2) is 0 Å². The highest BCUT2D eigenvalue weighted by molar-refractivity contribution is 5.09. The molecular formula is C13H18FNO. The molecule has 1 saturated carbocycles. The Kier molecular flexibility index (Phi) is 3.24. The second-order valence-electron chi connectivity index (χ2n) is 4.53. The van der Waals surface area contributed by atoms with Gasteiger partial charge in [0.05, 0.1) is 6.10 Å². The molecule has 1 fully saturated rings. The molecule has 3 heteroatoms. The Morgan fingerprint density at radius 3 is 2.81 bits per heavy atom. The Balaban J connectivity index is 2.06. The molecule has 1 aromatic heterocycles. The predicted octanol–water partition coefficient (Wildman–Crippen LogP) is 3.43. The van der Waals surface area contributed by atoms with Gasteiger partial charge in [0, 0.05) is 13.1 Å². The summed E-state index contributed by atoms with van der Waals surface area (Å²) in [6.07, 6.45) is 4.80. The van der Waals surface area contributed by atoms with Gasteiger partial charge in [0.2, 0.25) is 5.85 Å². The molecular weight excluding hydrogens is 205 g/mol. The molecule has 1 heterocycles. The molecule has 2 unspecified atom stereocenters. The van der Waals surface area contributed by atoms with Gasteiger partial charge in [-0.1, -0.05) is 13.0 Å². The summed E-state index contributed by atoms with van der Waals surface area (Å²) in [5.74, 6) is -1.23. The maximum Gasteiger partial charge on any atom is 0.249 e. The first kappa shape index (κ1) is 11.5. The normalized spacial score (nSPS) is 21.4. The fourth-order valence-electron chi connectivity index (χ4n) is 1.95. The predicted molar refractivity (Wildman–Crippen MR) is 60.6 cm³/mol. The lowest BCUT2D eigenvalue weighted by Crippen LogP contribution is -2.29. The lowest BCUT2D eigenvalue weighted by molar-refractivity contribution is -0.183. The van der Waals surface area contributed by atoms with Crippen LogP contribution in [0.4, 0.5) is 4.39 Å². The first-order valence-electron chi connectivity index (χ1n) is 5.91. The molecule has 0 aliphatic heterocycles. The van der Waals surface area contributed by atoms with Gasteiger partial charge in [0.1, 0.15) is 5.69 Å². The Bertz CT molecular complexity index is 335. The zero-order chi connectivity index (χ0) is 11.6. The third-order valence-electron chi connectivity index (χ3n) is 3.05. The summed E-state index contributed by atoms with van der Waals surface area (Å²) in [6.45, 7) is 3.48. The molecule has 0 N–H and O–H groups in total. The van der Waals surface area contributed by atoms with Crippen LogP contribution in [0, 0.1) is 5.92 Å². The van der Waals surface area contributed by atoms with E-state index in [9.17, 15) is 4.39 Å². The number of halogens is 1. The smallest absolute Gasteiger partial charge is 0.249 e. The van der Waals surface area contributed by atoms with E-state index >= 15 is 0 Å². The molecule has 0 radical (unpaired) electrons. The molecule has 0 bridgehead atoms. The molecule has 0 aromatic carbocycles.